The highest BCUT2D eigenvalue weighted by Crippen LogP contribution is 2.06. The quantitative estimate of drug-likeness (QED) is 0.277. The minimum atomic E-state index is -0.525. The minimum Gasteiger partial charge on any atom is -0.444 e. The third kappa shape index (κ3) is 15.3. The Morgan fingerprint density at radius 2 is 1.74 bits per heavy atom. The summed E-state index contributed by atoms with van der Waals surface area (Å²) in [5, 5.41) is 8.82. The molecule has 23 heavy (non-hydrogen) atoms. The number of likely N-dealkylation sites (N-methyl/N-ethyl adjacent to an activating group) is 1. The molecule has 0 unspecified atom stereocenters. The van der Waals surface area contributed by atoms with E-state index in [2.05, 4.69) is 20.9 Å². The maximum absolute atomic E-state index is 11.8. The number of hydrogen-bond acceptors (Lipinski definition) is 5. The molecule has 7 nitrogen and oxygen atoms in total. The Hall–Kier alpha value is -1.34. The van der Waals surface area contributed by atoms with E-state index in [4.69, 9.17) is 10.5 Å². The third-order valence-corrected chi connectivity index (χ3v) is 2.92. The molecule has 1 amide bonds. The number of alkyl carbamates (subject to hydrolysis) is 1. The molecule has 0 aliphatic heterocycles. The van der Waals surface area contributed by atoms with Gasteiger partial charge in [-0.25, -0.2) is 4.79 Å². The van der Waals surface area contributed by atoms with Gasteiger partial charge in [0.1, 0.15) is 5.60 Å². The predicted octanol–water partition coefficient (Wildman–Crippen LogP) is 1.59. The number of carbonyl (C=O) groups excluding carboxylic acids is 1. The molecule has 7 heteroatoms. The number of carbonyl (C=O) groups is 1. The number of nitrogens with two attached hydrogens (primary N) is 1. The first-order valence-corrected chi connectivity index (χ1v) is 8.52. The van der Waals surface area contributed by atoms with Gasteiger partial charge in [-0.3, -0.25) is 10.3 Å². The monoisotopic (exact) mass is 329 g/mol. The van der Waals surface area contributed by atoms with E-state index in [0.29, 0.717) is 19.0 Å². The van der Waals surface area contributed by atoms with Crippen molar-refractivity contribution in [2.75, 3.05) is 33.2 Å². The summed E-state index contributed by atoms with van der Waals surface area (Å²) in [5.41, 5.74) is 4.95. The standard InChI is InChI=1S/C16H35N5O2/c1-16(2,3)23-15(22)21-14(20-13-12-18-4)19-11-9-7-5-6-8-10-17/h18H,5-13,17H2,1-4H3,(H2,19,20,21,22). The van der Waals surface area contributed by atoms with Crippen molar-refractivity contribution in [3.8, 4) is 0 Å². The van der Waals surface area contributed by atoms with Crippen molar-refractivity contribution in [2.24, 2.45) is 10.7 Å². The number of nitrogens with zero attached hydrogens (tertiary/aromatic N) is 1. The normalized spacial score (nSPS) is 12.1. The second-order valence-electron chi connectivity index (χ2n) is 6.44. The van der Waals surface area contributed by atoms with Crippen LogP contribution >= 0.6 is 0 Å². The Kier molecular flexibility index (Phi) is 12.4. The zero-order valence-electron chi connectivity index (χ0n) is 15.2. The Bertz CT molecular complexity index is 340. The molecular formula is C16H35N5O2. The van der Waals surface area contributed by atoms with Crippen molar-refractivity contribution in [1.29, 1.82) is 0 Å². The summed E-state index contributed by atoms with van der Waals surface area (Å²) in [7, 11) is 1.88. The van der Waals surface area contributed by atoms with Gasteiger partial charge in [-0.05, 0) is 47.2 Å². The lowest BCUT2D eigenvalue weighted by molar-refractivity contribution is 0.0561. The van der Waals surface area contributed by atoms with Crippen molar-refractivity contribution in [1.82, 2.24) is 16.0 Å². The smallest absolute Gasteiger partial charge is 0.414 e. The fraction of sp³-hybridized carbons (Fsp3) is 0.875. The molecule has 0 bridgehead atoms. The van der Waals surface area contributed by atoms with Crippen LogP contribution < -0.4 is 21.7 Å². The first-order chi connectivity index (χ1) is 10.9. The molecule has 0 aromatic rings. The van der Waals surface area contributed by atoms with E-state index in [-0.39, 0.29) is 0 Å². The largest absolute Gasteiger partial charge is 0.444 e. The first-order valence-electron chi connectivity index (χ1n) is 8.52. The summed E-state index contributed by atoms with van der Waals surface area (Å²) in [6.07, 6.45) is 5.06. The number of guanidine groups is 1. The summed E-state index contributed by atoms with van der Waals surface area (Å²) in [6.45, 7) is 8.41. The number of aliphatic imine (C=N–C) groups is 1. The van der Waals surface area contributed by atoms with E-state index < -0.39 is 11.7 Å². The number of ether oxygens (including phenoxy) is 1. The van der Waals surface area contributed by atoms with Gasteiger partial charge in [0.15, 0.2) is 0 Å². The van der Waals surface area contributed by atoms with Crippen molar-refractivity contribution in [3.05, 3.63) is 0 Å². The Labute approximate surface area is 140 Å². The first kappa shape index (κ1) is 21.7. The molecule has 0 aromatic carbocycles. The van der Waals surface area contributed by atoms with Gasteiger partial charge in [-0.15, -0.1) is 0 Å². The van der Waals surface area contributed by atoms with Crippen LogP contribution in [0.4, 0.5) is 4.79 Å². The molecule has 0 aliphatic carbocycles. The molecule has 0 fully saturated rings. The second-order valence-corrected chi connectivity index (χ2v) is 6.44. The van der Waals surface area contributed by atoms with E-state index in [1.807, 2.05) is 27.8 Å². The van der Waals surface area contributed by atoms with E-state index in [1.54, 1.807) is 0 Å². The van der Waals surface area contributed by atoms with Gasteiger partial charge in [-0.1, -0.05) is 19.3 Å². The van der Waals surface area contributed by atoms with Crippen molar-refractivity contribution >= 4 is 12.1 Å². The summed E-state index contributed by atoms with van der Waals surface area (Å²) in [4.78, 5) is 16.3. The average Bonchev–Trinajstić information content (AvgIpc) is 2.44. The molecule has 0 atom stereocenters. The van der Waals surface area contributed by atoms with Gasteiger partial charge in [0.25, 0.3) is 0 Å². The van der Waals surface area contributed by atoms with Gasteiger partial charge in [0.05, 0.1) is 0 Å². The summed E-state index contributed by atoms with van der Waals surface area (Å²) >= 11 is 0. The lowest BCUT2D eigenvalue weighted by Gasteiger charge is -2.20. The number of hydrogen-bond donors (Lipinski definition) is 4. The third-order valence-electron chi connectivity index (χ3n) is 2.92. The Morgan fingerprint density at radius 3 is 2.35 bits per heavy atom. The molecular weight excluding hydrogens is 294 g/mol. The van der Waals surface area contributed by atoms with Crippen LogP contribution in [0.5, 0.6) is 0 Å². The van der Waals surface area contributed by atoms with Crippen LogP contribution in [-0.2, 0) is 4.74 Å². The van der Waals surface area contributed by atoms with Crippen LogP contribution in [0, 0.1) is 0 Å². The van der Waals surface area contributed by atoms with Gasteiger partial charge in [-0.2, -0.15) is 0 Å². The molecule has 5 N–H and O–H groups in total. The molecule has 0 radical (unpaired) electrons. The molecule has 0 saturated carbocycles. The van der Waals surface area contributed by atoms with Gasteiger partial charge in [0, 0.05) is 19.6 Å². The maximum atomic E-state index is 11.8. The number of rotatable bonds is 10. The fourth-order valence-electron chi connectivity index (χ4n) is 1.82. The number of amides is 1. The lowest BCUT2D eigenvalue weighted by Crippen LogP contribution is -2.45. The van der Waals surface area contributed by atoms with E-state index >= 15 is 0 Å². The topological polar surface area (TPSA) is 101 Å². The van der Waals surface area contributed by atoms with Crippen LogP contribution in [0.15, 0.2) is 4.99 Å². The zero-order valence-corrected chi connectivity index (χ0v) is 15.2. The molecule has 136 valence electrons. The highest BCUT2D eigenvalue weighted by Gasteiger charge is 2.17. The van der Waals surface area contributed by atoms with Crippen molar-refractivity contribution in [3.63, 3.8) is 0 Å². The Morgan fingerprint density at radius 1 is 1.09 bits per heavy atom. The second kappa shape index (κ2) is 13.1. The van der Waals surface area contributed by atoms with Gasteiger partial charge in [0.2, 0.25) is 5.96 Å². The molecule has 0 spiro atoms. The number of nitrogens with one attached hydrogen (secondary N) is 3. The van der Waals surface area contributed by atoms with Gasteiger partial charge >= 0.3 is 6.09 Å². The molecule has 0 heterocycles. The zero-order chi connectivity index (χ0) is 17.6. The summed E-state index contributed by atoms with van der Waals surface area (Å²) < 4.78 is 5.25. The summed E-state index contributed by atoms with van der Waals surface area (Å²) in [5.74, 6) is 0.469. The molecule has 0 rings (SSSR count). The van der Waals surface area contributed by atoms with Crippen molar-refractivity contribution in [2.45, 2.75) is 58.5 Å². The van der Waals surface area contributed by atoms with E-state index in [9.17, 15) is 4.79 Å². The Balaban J connectivity index is 4.21. The van der Waals surface area contributed by atoms with Crippen LogP contribution in [0.2, 0.25) is 0 Å². The maximum Gasteiger partial charge on any atom is 0.414 e. The SMILES string of the molecule is CNCCNC(=NCCCCCCCN)NC(=O)OC(C)(C)C. The highest BCUT2D eigenvalue weighted by atomic mass is 16.6. The van der Waals surface area contributed by atoms with Crippen LogP contribution in [0.25, 0.3) is 0 Å². The summed E-state index contributed by atoms with van der Waals surface area (Å²) in [6, 6.07) is 0. The molecule has 0 aliphatic rings. The van der Waals surface area contributed by atoms with E-state index in [0.717, 1.165) is 32.4 Å². The average molecular weight is 329 g/mol. The van der Waals surface area contributed by atoms with Gasteiger partial charge < -0.3 is 21.1 Å². The fourth-order valence-corrected chi connectivity index (χ4v) is 1.82. The minimum absolute atomic E-state index is 0.469. The molecule has 0 saturated heterocycles. The number of unbranched alkanes of at least 4 members (excludes halogenated alkanes) is 4. The van der Waals surface area contributed by atoms with Crippen LogP contribution in [0.1, 0.15) is 52.9 Å². The molecule has 0 aromatic heterocycles. The van der Waals surface area contributed by atoms with Crippen LogP contribution in [-0.4, -0.2) is 50.9 Å². The van der Waals surface area contributed by atoms with E-state index in [1.165, 1.54) is 12.8 Å². The predicted molar refractivity (Wildman–Crippen MR) is 95.7 cm³/mol. The van der Waals surface area contributed by atoms with Crippen molar-refractivity contribution < 1.29 is 9.53 Å². The lowest BCUT2D eigenvalue weighted by atomic mass is 10.1. The van der Waals surface area contributed by atoms with Crippen LogP contribution in [0.3, 0.4) is 0 Å². The highest BCUT2D eigenvalue weighted by molar-refractivity contribution is 5.94.